The van der Waals surface area contributed by atoms with Gasteiger partial charge in [-0.1, -0.05) is 66.3 Å². The molecule has 0 aliphatic carbocycles. The summed E-state index contributed by atoms with van der Waals surface area (Å²) in [4.78, 5) is 0. The van der Waals surface area contributed by atoms with E-state index < -0.39 is 11.7 Å². The highest BCUT2D eigenvalue weighted by Gasteiger charge is 2.34. The van der Waals surface area contributed by atoms with Crippen LogP contribution in [-0.4, -0.2) is 6.18 Å². The predicted molar refractivity (Wildman–Crippen MR) is 78.9 cm³/mol. The van der Waals surface area contributed by atoms with E-state index in [4.69, 9.17) is 0 Å². The zero-order valence-corrected chi connectivity index (χ0v) is 13.1. The van der Waals surface area contributed by atoms with Crippen molar-refractivity contribution in [2.75, 3.05) is 0 Å². The molecule has 20 heavy (non-hydrogen) atoms. The fraction of sp³-hybridized carbons (Fsp3) is 0.529. The summed E-state index contributed by atoms with van der Waals surface area (Å²) >= 11 is 0. The molecule has 1 aromatic rings. The van der Waals surface area contributed by atoms with Gasteiger partial charge < -0.3 is 0 Å². The first kappa shape index (κ1) is 16.8. The quantitative estimate of drug-likeness (QED) is 0.606. The van der Waals surface area contributed by atoms with Crippen LogP contribution in [0.3, 0.4) is 0 Å². The van der Waals surface area contributed by atoms with E-state index in [1.807, 2.05) is 47.6 Å². The average molecular weight is 284 g/mol. The molecule has 0 aliphatic rings. The summed E-state index contributed by atoms with van der Waals surface area (Å²) in [6.45, 7) is 15.2. The Morgan fingerprint density at radius 2 is 1.15 bits per heavy atom. The van der Waals surface area contributed by atoms with Crippen LogP contribution in [0.15, 0.2) is 24.8 Å². The molecule has 0 spiro atoms. The van der Waals surface area contributed by atoms with Crippen molar-refractivity contribution < 1.29 is 13.2 Å². The fourth-order valence-corrected chi connectivity index (χ4v) is 1.83. The van der Waals surface area contributed by atoms with E-state index in [0.717, 1.165) is 11.1 Å². The lowest BCUT2D eigenvalue weighted by Crippen LogP contribution is -2.18. The van der Waals surface area contributed by atoms with Crippen LogP contribution >= 0.6 is 0 Å². The molecule has 0 saturated carbocycles. The third-order valence-corrected chi connectivity index (χ3v) is 3.36. The van der Waals surface area contributed by atoms with E-state index in [1.54, 1.807) is 12.1 Å². The molecule has 0 aromatic heterocycles. The third kappa shape index (κ3) is 3.87. The van der Waals surface area contributed by atoms with Gasteiger partial charge in [0.25, 0.3) is 0 Å². The van der Waals surface area contributed by atoms with Crippen molar-refractivity contribution in [3.63, 3.8) is 0 Å². The molecule has 0 radical (unpaired) electrons. The van der Waals surface area contributed by atoms with Crippen LogP contribution in [0.25, 0.3) is 5.57 Å². The molecule has 1 aromatic carbocycles. The molecular weight excluding hydrogens is 261 g/mol. The zero-order chi connectivity index (χ0) is 15.9. The largest absolute Gasteiger partial charge is 0.416 e. The maximum atomic E-state index is 12.9. The molecule has 0 N–H and O–H groups in total. The summed E-state index contributed by atoms with van der Waals surface area (Å²) in [7, 11) is 0. The SMILES string of the molecule is C=C(c1cc(C(C)(C)C)cc(C(C)(C)C)c1)C(F)(F)F. The van der Waals surface area contributed by atoms with Crippen LogP contribution in [0.1, 0.15) is 58.2 Å². The van der Waals surface area contributed by atoms with Crippen molar-refractivity contribution in [1.82, 2.24) is 0 Å². The standard InChI is InChI=1S/C17H23F3/c1-11(17(18,19)20)12-8-13(15(2,3)4)10-14(9-12)16(5,6)7/h8-10H,1H2,2-7H3. The lowest BCUT2D eigenvalue weighted by atomic mass is 9.79. The number of benzene rings is 1. The van der Waals surface area contributed by atoms with Crippen molar-refractivity contribution >= 4 is 5.57 Å². The van der Waals surface area contributed by atoms with Gasteiger partial charge in [-0.2, -0.15) is 13.2 Å². The lowest BCUT2D eigenvalue weighted by Gasteiger charge is -2.27. The normalized spacial score (nSPS) is 13.4. The maximum Gasteiger partial charge on any atom is 0.416 e. The summed E-state index contributed by atoms with van der Waals surface area (Å²) in [5.41, 5.74) is 0.753. The van der Waals surface area contributed by atoms with E-state index in [1.165, 1.54) is 0 Å². The molecule has 0 atom stereocenters. The summed E-state index contributed by atoms with van der Waals surface area (Å²) in [5, 5.41) is 0. The molecule has 112 valence electrons. The molecule has 0 aliphatic heterocycles. The number of rotatable bonds is 1. The molecular formula is C17H23F3. The summed E-state index contributed by atoms with van der Waals surface area (Å²) in [5.74, 6) is 0. The molecule has 0 fully saturated rings. The molecule has 3 heteroatoms. The van der Waals surface area contributed by atoms with Crippen LogP contribution in [-0.2, 0) is 10.8 Å². The Kier molecular flexibility index (Phi) is 4.15. The second-order valence-electron chi connectivity index (χ2n) is 7.28. The van der Waals surface area contributed by atoms with E-state index in [2.05, 4.69) is 6.58 Å². The Morgan fingerprint density at radius 1 is 0.800 bits per heavy atom. The number of allylic oxidation sites excluding steroid dienone is 1. The monoisotopic (exact) mass is 284 g/mol. The van der Waals surface area contributed by atoms with Crippen molar-refractivity contribution in [1.29, 1.82) is 0 Å². The van der Waals surface area contributed by atoms with Gasteiger partial charge in [0.2, 0.25) is 0 Å². The van der Waals surface area contributed by atoms with Gasteiger partial charge >= 0.3 is 6.18 Å². The Labute approximate surface area is 119 Å². The van der Waals surface area contributed by atoms with E-state index in [9.17, 15) is 13.2 Å². The number of halogens is 3. The average Bonchev–Trinajstić information content (AvgIpc) is 2.23. The molecule has 0 saturated heterocycles. The third-order valence-electron chi connectivity index (χ3n) is 3.36. The Bertz CT molecular complexity index is 476. The van der Waals surface area contributed by atoms with Gasteiger partial charge in [-0.25, -0.2) is 0 Å². The lowest BCUT2D eigenvalue weighted by molar-refractivity contribution is -0.0686. The minimum absolute atomic E-state index is 0.162. The second-order valence-corrected chi connectivity index (χ2v) is 7.28. The fourth-order valence-electron chi connectivity index (χ4n) is 1.83. The van der Waals surface area contributed by atoms with Crippen LogP contribution < -0.4 is 0 Å². The van der Waals surface area contributed by atoms with Crippen LogP contribution in [0.2, 0.25) is 0 Å². The first-order valence-electron chi connectivity index (χ1n) is 6.65. The van der Waals surface area contributed by atoms with Crippen molar-refractivity contribution in [2.24, 2.45) is 0 Å². The van der Waals surface area contributed by atoms with E-state index >= 15 is 0 Å². The van der Waals surface area contributed by atoms with Gasteiger partial charge in [-0.05, 0) is 27.5 Å². The highest BCUT2D eigenvalue weighted by Crippen LogP contribution is 2.37. The van der Waals surface area contributed by atoms with Crippen LogP contribution in [0, 0.1) is 0 Å². The summed E-state index contributed by atoms with van der Waals surface area (Å²) in [6, 6.07) is 5.20. The maximum absolute atomic E-state index is 12.9. The molecule has 1 rings (SSSR count). The Hall–Kier alpha value is -1.25. The molecule has 0 bridgehead atoms. The Balaban J connectivity index is 3.51. The van der Waals surface area contributed by atoms with Gasteiger partial charge in [-0.15, -0.1) is 0 Å². The van der Waals surface area contributed by atoms with Gasteiger partial charge in [0.1, 0.15) is 0 Å². The smallest absolute Gasteiger partial charge is 0.166 e. The molecule has 0 nitrogen and oxygen atoms in total. The number of alkyl halides is 3. The minimum atomic E-state index is -4.40. The summed E-state index contributed by atoms with van der Waals surface area (Å²) < 4.78 is 38.7. The molecule has 0 heterocycles. The first-order valence-corrected chi connectivity index (χ1v) is 6.65. The van der Waals surface area contributed by atoms with E-state index in [0.29, 0.717) is 0 Å². The van der Waals surface area contributed by atoms with Crippen LogP contribution in [0.5, 0.6) is 0 Å². The highest BCUT2D eigenvalue weighted by molar-refractivity contribution is 5.69. The zero-order valence-electron chi connectivity index (χ0n) is 13.1. The molecule has 0 amide bonds. The number of hydrogen-bond acceptors (Lipinski definition) is 0. The summed E-state index contributed by atoms with van der Waals surface area (Å²) in [6.07, 6.45) is -4.40. The Morgan fingerprint density at radius 3 is 1.40 bits per heavy atom. The van der Waals surface area contributed by atoms with Crippen molar-refractivity contribution in [3.8, 4) is 0 Å². The topological polar surface area (TPSA) is 0 Å². The number of hydrogen-bond donors (Lipinski definition) is 0. The second kappa shape index (κ2) is 4.94. The van der Waals surface area contributed by atoms with Gasteiger partial charge in [0, 0.05) is 0 Å². The van der Waals surface area contributed by atoms with Crippen LogP contribution in [0.4, 0.5) is 13.2 Å². The highest BCUT2D eigenvalue weighted by atomic mass is 19.4. The minimum Gasteiger partial charge on any atom is -0.166 e. The first-order chi connectivity index (χ1) is 8.73. The predicted octanol–water partition coefficient (Wildman–Crippen LogP) is 5.86. The van der Waals surface area contributed by atoms with Gasteiger partial charge in [0.05, 0.1) is 5.57 Å². The van der Waals surface area contributed by atoms with Crippen molar-refractivity contribution in [3.05, 3.63) is 41.5 Å². The van der Waals surface area contributed by atoms with Crippen molar-refractivity contribution in [2.45, 2.75) is 58.5 Å². The molecule has 0 unspecified atom stereocenters. The van der Waals surface area contributed by atoms with Gasteiger partial charge in [0.15, 0.2) is 0 Å². The van der Waals surface area contributed by atoms with E-state index in [-0.39, 0.29) is 16.4 Å². The van der Waals surface area contributed by atoms with Gasteiger partial charge in [-0.3, -0.25) is 0 Å².